The molecule has 0 bridgehead atoms. The van der Waals surface area contributed by atoms with Crippen LogP contribution in [0.25, 0.3) is 11.0 Å². The second-order valence-corrected chi connectivity index (χ2v) is 6.08. The highest BCUT2D eigenvalue weighted by molar-refractivity contribution is 5.94. The zero-order valence-electron chi connectivity index (χ0n) is 12.7. The summed E-state index contributed by atoms with van der Waals surface area (Å²) in [4.78, 5) is 19.6. The summed E-state index contributed by atoms with van der Waals surface area (Å²) in [5.41, 5.74) is 1.99. The van der Waals surface area contributed by atoms with E-state index in [0.717, 1.165) is 16.9 Å². The molecule has 1 saturated carbocycles. The molecule has 23 heavy (non-hydrogen) atoms. The van der Waals surface area contributed by atoms with Crippen molar-refractivity contribution in [1.82, 2.24) is 9.97 Å². The van der Waals surface area contributed by atoms with Gasteiger partial charge < -0.3 is 10.3 Å². The van der Waals surface area contributed by atoms with Crippen molar-refractivity contribution in [2.75, 3.05) is 5.32 Å². The zero-order chi connectivity index (χ0) is 16.6. The molecule has 3 rings (SSSR count). The molecule has 0 saturated heterocycles. The highest BCUT2D eigenvalue weighted by atomic mass is 19.4. The van der Waals surface area contributed by atoms with Gasteiger partial charge in [0.05, 0.1) is 17.0 Å². The Balaban J connectivity index is 1.78. The highest BCUT2D eigenvalue weighted by Crippen LogP contribution is 2.41. The van der Waals surface area contributed by atoms with Crippen LogP contribution in [-0.4, -0.2) is 22.1 Å². The summed E-state index contributed by atoms with van der Waals surface area (Å²) in [5, 5.41) is 2.63. The first-order valence-corrected chi connectivity index (χ1v) is 7.68. The molecule has 7 heteroatoms. The van der Waals surface area contributed by atoms with Gasteiger partial charge in [-0.1, -0.05) is 12.8 Å². The first-order chi connectivity index (χ1) is 10.8. The summed E-state index contributed by atoms with van der Waals surface area (Å²) >= 11 is 0. The molecule has 1 heterocycles. The summed E-state index contributed by atoms with van der Waals surface area (Å²) < 4.78 is 39.3. The van der Waals surface area contributed by atoms with Gasteiger partial charge in [-0.3, -0.25) is 4.79 Å². The van der Waals surface area contributed by atoms with Crippen LogP contribution < -0.4 is 5.32 Å². The Morgan fingerprint density at radius 3 is 2.78 bits per heavy atom. The van der Waals surface area contributed by atoms with Gasteiger partial charge in [-0.05, 0) is 38.0 Å². The second-order valence-electron chi connectivity index (χ2n) is 6.08. The number of imidazole rings is 1. The van der Waals surface area contributed by atoms with Gasteiger partial charge in [0.15, 0.2) is 0 Å². The number of anilines is 1. The number of nitrogens with zero attached hydrogens (tertiary/aromatic N) is 1. The Kier molecular flexibility index (Phi) is 4.04. The maximum absolute atomic E-state index is 13.1. The van der Waals surface area contributed by atoms with Gasteiger partial charge >= 0.3 is 6.18 Å². The molecular weight excluding hydrogens is 307 g/mol. The number of aromatic amines is 1. The summed E-state index contributed by atoms with van der Waals surface area (Å²) in [6.45, 7) is 1.81. The number of hydrogen-bond donors (Lipinski definition) is 2. The molecule has 1 fully saturated rings. The van der Waals surface area contributed by atoms with Crippen LogP contribution >= 0.6 is 0 Å². The number of carbonyl (C=O) groups excluding carboxylic acids is 1. The van der Waals surface area contributed by atoms with E-state index in [2.05, 4.69) is 15.3 Å². The van der Waals surface area contributed by atoms with Crippen molar-refractivity contribution in [2.45, 2.75) is 38.8 Å². The number of nitrogens with one attached hydrogen (secondary N) is 2. The van der Waals surface area contributed by atoms with Crippen molar-refractivity contribution in [2.24, 2.45) is 11.8 Å². The smallest absolute Gasteiger partial charge is 0.342 e. The van der Waals surface area contributed by atoms with E-state index in [-0.39, 0.29) is 12.8 Å². The fourth-order valence-electron chi connectivity index (χ4n) is 3.29. The number of amides is 1. The Labute approximate surface area is 131 Å². The summed E-state index contributed by atoms with van der Waals surface area (Å²) in [7, 11) is 0. The SMILES string of the molecule is Cc1nc2ccc(NC(=O)[C@H]3CCCC[C@H]3C(F)(F)F)cc2[nH]1. The minimum atomic E-state index is -4.33. The lowest BCUT2D eigenvalue weighted by molar-refractivity contribution is -0.197. The Morgan fingerprint density at radius 1 is 1.30 bits per heavy atom. The van der Waals surface area contributed by atoms with Crippen LogP contribution in [0.2, 0.25) is 0 Å². The Morgan fingerprint density at radius 2 is 2.04 bits per heavy atom. The van der Waals surface area contributed by atoms with E-state index in [4.69, 9.17) is 0 Å². The number of benzene rings is 1. The molecule has 2 N–H and O–H groups in total. The van der Waals surface area contributed by atoms with Crippen LogP contribution in [0.4, 0.5) is 18.9 Å². The largest absolute Gasteiger partial charge is 0.392 e. The molecule has 1 aliphatic rings. The molecular formula is C16H18F3N3O. The topological polar surface area (TPSA) is 57.8 Å². The van der Waals surface area contributed by atoms with Crippen LogP contribution in [-0.2, 0) is 4.79 Å². The molecule has 4 nitrogen and oxygen atoms in total. The van der Waals surface area contributed by atoms with E-state index in [1.165, 1.54) is 0 Å². The molecule has 1 amide bonds. The molecule has 0 spiro atoms. The number of alkyl halides is 3. The lowest BCUT2D eigenvalue weighted by Gasteiger charge is -2.31. The van der Waals surface area contributed by atoms with Gasteiger partial charge in [0.25, 0.3) is 0 Å². The quantitative estimate of drug-likeness (QED) is 0.870. The second kappa shape index (κ2) is 5.86. The first kappa shape index (κ1) is 15.8. The van der Waals surface area contributed by atoms with Crippen LogP contribution in [0.3, 0.4) is 0 Å². The molecule has 0 aliphatic heterocycles. The highest BCUT2D eigenvalue weighted by Gasteiger charge is 2.48. The number of carbonyl (C=O) groups is 1. The van der Waals surface area contributed by atoms with Gasteiger partial charge in [0.1, 0.15) is 5.82 Å². The summed E-state index contributed by atoms with van der Waals surface area (Å²) in [6, 6.07) is 5.08. The average molecular weight is 325 g/mol. The predicted molar refractivity (Wildman–Crippen MR) is 81.0 cm³/mol. The molecule has 2 aromatic rings. The fraction of sp³-hybridized carbons (Fsp3) is 0.500. The van der Waals surface area contributed by atoms with Crippen LogP contribution in [0.5, 0.6) is 0 Å². The third kappa shape index (κ3) is 3.33. The molecule has 0 radical (unpaired) electrons. The number of aryl methyl sites for hydroxylation is 1. The number of fused-ring (bicyclic) bond motifs is 1. The number of rotatable bonds is 2. The van der Waals surface area contributed by atoms with Gasteiger partial charge in [-0.25, -0.2) is 4.98 Å². The summed E-state index contributed by atoms with van der Waals surface area (Å²) in [6.07, 6.45) is -2.84. The minimum absolute atomic E-state index is 0.0281. The predicted octanol–water partition coefficient (Wildman–Crippen LogP) is 4.18. The van der Waals surface area contributed by atoms with Gasteiger partial charge in [0.2, 0.25) is 5.91 Å². The van der Waals surface area contributed by atoms with E-state index in [1.807, 2.05) is 6.92 Å². The van der Waals surface area contributed by atoms with Gasteiger partial charge in [-0.15, -0.1) is 0 Å². The van der Waals surface area contributed by atoms with Crippen LogP contribution in [0, 0.1) is 18.8 Å². The van der Waals surface area contributed by atoms with Crippen molar-refractivity contribution in [3.8, 4) is 0 Å². The maximum atomic E-state index is 13.1. The fourth-order valence-corrected chi connectivity index (χ4v) is 3.29. The number of H-pyrrole nitrogens is 1. The van der Waals surface area contributed by atoms with Gasteiger partial charge in [0, 0.05) is 11.6 Å². The molecule has 1 aromatic heterocycles. The lowest BCUT2D eigenvalue weighted by atomic mass is 9.78. The van der Waals surface area contributed by atoms with Crippen LogP contribution in [0.15, 0.2) is 18.2 Å². The van der Waals surface area contributed by atoms with E-state index >= 15 is 0 Å². The van der Waals surface area contributed by atoms with Crippen LogP contribution in [0.1, 0.15) is 31.5 Å². The normalized spacial score (nSPS) is 22.3. The maximum Gasteiger partial charge on any atom is 0.392 e. The van der Waals surface area contributed by atoms with Crippen molar-refractivity contribution in [3.05, 3.63) is 24.0 Å². The van der Waals surface area contributed by atoms with E-state index in [9.17, 15) is 18.0 Å². The summed E-state index contributed by atoms with van der Waals surface area (Å²) in [5.74, 6) is -2.37. The molecule has 1 aliphatic carbocycles. The minimum Gasteiger partial charge on any atom is -0.342 e. The van der Waals surface area contributed by atoms with Crippen molar-refractivity contribution >= 4 is 22.6 Å². The average Bonchev–Trinajstić information content (AvgIpc) is 2.85. The number of hydrogen-bond acceptors (Lipinski definition) is 2. The molecule has 0 unspecified atom stereocenters. The van der Waals surface area contributed by atoms with Crippen molar-refractivity contribution in [3.63, 3.8) is 0 Å². The number of aromatic nitrogens is 2. The van der Waals surface area contributed by atoms with E-state index in [1.54, 1.807) is 18.2 Å². The van der Waals surface area contributed by atoms with E-state index in [0.29, 0.717) is 18.5 Å². The number of halogens is 3. The lowest BCUT2D eigenvalue weighted by Crippen LogP contribution is -2.39. The zero-order valence-corrected chi connectivity index (χ0v) is 12.7. The van der Waals surface area contributed by atoms with E-state index < -0.39 is 23.9 Å². The molecule has 1 aromatic carbocycles. The standard InChI is InChI=1S/C16H18F3N3O/c1-9-20-13-7-6-10(8-14(13)21-9)22-15(23)11-4-2-3-5-12(11)16(17,18)19/h6-8,11-12H,2-5H2,1H3,(H,20,21)(H,22,23)/t11-,12+/m0/s1. The van der Waals surface area contributed by atoms with Crippen molar-refractivity contribution < 1.29 is 18.0 Å². The third-order valence-corrected chi connectivity index (χ3v) is 4.39. The van der Waals surface area contributed by atoms with Crippen molar-refractivity contribution in [1.29, 1.82) is 0 Å². The third-order valence-electron chi connectivity index (χ3n) is 4.39. The molecule has 124 valence electrons. The van der Waals surface area contributed by atoms with Gasteiger partial charge in [-0.2, -0.15) is 13.2 Å². The Hall–Kier alpha value is -2.05. The Bertz CT molecular complexity index is 723. The molecule has 2 atom stereocenters. The monoisotopic (exact) mass is 325 g/mol. The first-order valence-electron chi connectivity index (χ1n) is 7.68.